The van der Waals surface area contributed by atoms with E-state index in [0.29, 0.717) is 6.42 Å². The molecule has 2 aromatic rings. The molecule has 0 heterocycles. The SMILES string of the molecule is COC(=O)C[C@@H](Cc1cccc2ccccc12)NC(=O)OC(C)(C)C. The zero-order valence-electron chi connectivity index (χ0n) is 15.2. The molecule has 0 aliphatic carbocycles. The van der Waals surface area contributed by atoms with Gasteiger partial charge in [0.25, 0.3) is 0 Å². The van der Waals surface area contributed by atoms with Crippen molar-refractivity contribution in [3.63, 3.8) is 0 Å². The second-order valence-corrected chi connectivity index (χ2v) is 6.97. The fourth-order valence-corrected chi connectivity index (χ4v) is 2.67. The number of ether oxygens (including phenoxy) is 2. The molecule has 0 aliphatic heterocycles. The van der Waals surface area contributed by atoms with Gasteiger partial charge in [0.1, 0.15) is 5.60 Å². The van der Waals surface area contributed by atoms with Crippen LogP contribution in [0.2, 0.25) is 0 Å². The molecule has 0 saturated carbocycles. The van der Waals surface area contributed by atoms with Gasteiger partial charge < -0.3 is 14.8 Å². The van der Waals surface area contributed by atoms with E-state index >= 15 is 0 Å². The van der Waals surface area contributed by atoms with Crippen molar-refractivity contribution in [3.05, 3.63) is 48.0 Å². The molecule has 0 fully saturated rings. The first-order chi connectivity index (χ1) is 11.8. The molecule has 1 atom stereocenters. The van der Waals surface area contributed by atoms with Crippen LogP contribution in [0.3, 0.4) is 0 Å². The molecule has 0 saturated heterocycles. The topological polar surface area (TPSA) is 64.6 Å². The lowest BCUT2D eigenvalue weighted by atomic mass is 9.97. The number of fused-ring (bicyclic) bond motifs is 1. The Balaban J connectivity index is 2.20. The molecule has 1 amide bonds. The average Bonchev–Trinajstić information content (AvgIpc) is 2.53. The number of hydrogen-bond donors (Lipinski definition) is 1. The molecule has 5 nitrogen and oxygen atoms in total. The number of methoxy groups -OCH3 is 1. The Labute approximate surface area is 148 Å². The summed E-state index contributed by atoms with van der Waals surface area (Å²) in [5.74, 6) is -0.374. The van der Waals surface area contributed by atoms with Crippen LogP contribution in [0.5, 0.6) is 0 Å². The van der Waals surface area contributed by atoms with Crippen molar-refractivity contribution in [2.24, 2.45) is 0 Å². The summed E-state index contributed by atoms with van der Waals surface area (Å²) in [5.41, 5.74) is 0.461. The summed E-state index contributed by atoms with van der Waals surface area (Å²) in [6.45, 7) is 5.39. The molecular weight excluding hydrogens is 318 g/mol. The van der Waals surface area contributed by atoms with Crippen molar-refractivity contribution >= 4 is 22.8 Å². The molecule has 0 radical (unpaired) electrons. The van der Waals surface area contributed by atoms with Crippen LogP contribution < -0.4 is 5.32 Å². The second-order valence-electron chi connectivity index (χ2n) is 6.97. The Morgan fingerprint density at radius 3 is 2.44 bits per heavy atom. The quantitative estimate of drug-likeness (QED) is 0.838. The second kappa shape index (κ2) is 8.01. The summed E-state index contributed by atoms with van der Waals surface area (Å²) in [5, 5.41) is 5.01. The van der Waals surface area contributed by atoms with Gasteiger partial charge in [-0.15, -0.1) is 0 Å². The molecule has 25 heavy (non-hydrogen) atoms. The van der Waals surface area contributed by atoms with Crippen molar-refractivity contribution < 1.29 is 19.1 Å². The van der Waals surface area contributed by atoms with Gasteiger partial charge >= 0.3 is 12.1 Å². The molecule has 0 unspecified atom stereocenters. The van der Waals surface area contributed by atoms with Gasteiger partial charge in [-0.2, -0.15) is 0 Å². The number of alkyl carbamates (subject to hydrolysis) is 1. The Hall–Kier alpha value is -2.56. The lowest BCUT2D eigenvalue weighted by Gasteiger charge is -2.23. The van der Waals surface area contributed by atoms with Gasteiger partial charge in [0, 0.05) is 6.04 Å². The highest BCUT2D eigenvalue weighted by Gasteiger charge is 2.22. The minimum atomic E-state index is -0.598. The highest BCUT2D eigenvalue weighted by atomic mass is 16.6. The van der Waals surface area contributed by atoms with Crippen LogP contribution >= 0.6 is 0 Å². The maximum absolute atomic E-state index is 12.1. The molecule has 1 N–H and O–H groups in total. The van der Waals surface area contributed by atoms with Gasteiger partial charge in [-0.1, -0.05) is 42.5 Å². The van der Waals surface area contributed by atoms with E-state index in [1.807, 2.05) is 42.5 Å². The van der Waals surface area contributed by atoms with Gasteiger partial charge in [0.15, 0.2) is 0 Å². The first-order valence-electron chi connectivity index (χ1n) is 8.31. The molecule has 134 valence electrons. The normalized spacial score (nSPS) is 12.5. The number of hydrogen-bond acceptors (Lipinski definition) is 4. The monoisotopic (exact) mass is 343 g/mol. The van der Waals surface area contributed by atoms with Crippen LogP contribution in [-0.4, -0.2) is 30.8 Å². The zero-order chi connectivity index (χ0) is 18.4. The molecular formula is C20H25NO4. The van der Waals surface area contributed by atoms with Crippen molar-refractivity contribution in [2.75, 3.05) is 7.11 Å². The van der Waals surface area contributed by atoms with E-state index in [0.717, 1.165) is 16.3 Å². The van der Waals surface area contributed by atoms with E-state index < -0.39 is 17.7 Å². The van der Waals surface area contributed by atoms with E-state index in [2.05, 4.69) is 5.32 Å². The van der Waals surface area contributed by atoms with Crippen molar-refractivity contribution in [2.45, 2.75) is 45.3 Å². The first-order valence-corrected chi connectivity index (χ1v) is 8.31. The number of amides is 1. The third-order valence-corrected chi connectivity index (χ3v) is 3.71. The van der Waals surface area contributed by atoms with Crippen molar-refractivity contribution in [1.82, 2.24) is 5.32 Å². The maximum Gasteiger partial charge on any atom is 0.407 e. The van der Waals surface area contributed by atoms with Crippen molar-refractivity contribution in [1.29, 1.82) is 0 Å². The van der Waals surface area contributed by atoms with E-state index in [1.54, 1.807) is 20.8 Å². The first kappa shape index (κ1) is 18.8. The summed E-state index contributed by atoms with van der Waals surface area (Å²) < 4.78 is 10.1. The number of nitrogens with one attached hydrogen (secondary N) is 1. The predicted octanol–water partition coefficient (Wildman–Crippen LogP) is 3.84. The van der Waals surface area contributed by atoms with E-state index in [-0.39, 0.29) is 12.4 Å². The van der Waals surface area contributed by atoms with Gasteiger partial charge in [-0.3, -0.25) is 4.79 Å². The molecule has 0 aliphatic rings. The van der Waals surface area contributed by atoms with Crippen LogP contribution in [0.4, 0.5) is 4.79 Å². The lowest BCUT2D eigenvalue weighted by Crippen LogP contribution is -2.41. The third-order valence-electron chi connectivity index (χ3n) is 3.71. The Morgan fingerprint density at radius 1 is 1.08 bits per heavy atom. The molecule has 0 spiro atoms. The smallest absolute Gasteiger partial charge is 0.407 e. The third kappa shape index (κ3) is 5.78. The van der Waals surface area contributed by atoms with E-state index in [4.69, 9.17) is 9.47 Å². The standard InChI is InChI=1S/C20H25NO4/c1-20(2,3)25-19(23)21-16(13-18(22)24-4)12-15-10-7-9-14-8-5-6-11-17(14)15/h5-11,16H,12-13H2,1-4H3,(H,21,23)/t16-/m1/s1. The van der Waals surface area contributed by atoms with Crippen LogP contribution in [0.25, 0.3) is 10.8 Å². The molecule has 5 heteroatoms. The van der Waals surface area contributed by atoms with Gasteiger partial charge in [-0.05, 0) is 43.5 Å². The fraction of sp³-hybridized carbons (Fsp3) is 0.400. The van der Waals surface area contributed by atoms with Crippen LogP contribution in [-0.2, 0) is 20.7 Å². The Bertz CT molecular complexity index is 743. The minimum Gasteiger partial charge on any atom is -0.469 e. The predicted molar refractivity (Wildman–Crippen MR) is 97.4 cm³/mol. The number of benzene rings is 2. The molecule has 0 bridgehead atoms. The Morgan fingerprint density at radius 2 is 1.76 bits per heavy atom. The molecule has 2 rings (SSSR count). The highest BCUT2D eigenvalue weighted by Crippen LogP contribution is 2.20. The van der Waals surface area contributed by atoms with Crippen LogP contribution in [0.15, 0.2) is 42.5 Å². The Kier molecular flexibility index (Phi) is 6.02. The van der Waals surface area contributed by atoms with Crippen LogP contribution in [0, 0.1) is 0 Å². The fourth-order valence-electron chi connectivity index (χ4n) is 2.67. The zero-order valence-corrected chi connectivity index (χ0v) is 15.2. The van der Waals surface area contributed by atoms with Gasteiger partial charge in [-0.25, -0.2) is 4.79 Å². The molecule has 2 aromatic carbocycles. The summed E-state index contributed by atoms with van der Waals surface area (Å²) in [4.78, 5) is 23.8. The van der Waals surface area contributed by atoms with Crippen molar-refractivity contribution in [3.8, 4) is 0 Å². The number of carbonyl (C=O) groups is 2. The highest BCUT2D eigenvalue weighted by molar-refractivity contribution is 5.86. The van der Waals surface area contributed by atoms with E-state index in [9.17, 15) is 9.59 Å². The molecule has 0 aromatic heterocycles. The minimum absolute atomic E-state index is 0.0823. The largest absolute Gasteiger partial charge is 0.469 e. The lowest BCUT2D eigenvalue weighted by molar-refractivity contribution is -0.141. The summed E-state index contributed by atoms with van der Waals surface area (Å²) in [6, 6.07) is 13.6. The summed E-state index contributed by atoms with van der Waals surface area (Å²) in [7, 11) is 1.34. The van der Waals surface area contributed by atoms with Crippen LogP contribution in [0.1, 0.15) is 32.8 Å². The number of rotatable bonds is 5. The number of esters is 1. The van der Waals surface area contributed by atoms with Gasteiger partial charge in [0.05, 0.1) is 13.5 Å². The number of carbonyl (C=O) groups excluding carboxylic acids is 2. The van der Waals surface area contributed by atoms with E-state index in [1.165, 1.54) is 7.11 Å². The summed E-state index contributed by atoms with van der Waals surface area (Å²) >= 11 is 0. The average molecular weight is 343 g/mol. The maximum atomic E-state index is 12.1. The van der Waals surface area contributed by atoms with Gasteiger partial charge in [0.2, 0.25) is 0 Å². The summed E-state index contributed by atoms with van der Waals surface area (Å²) in [6.07, 6.45) is 0.0518.